The topological polar surface area (TPSA) is 63.2 Å². The Bertz CT molecular complexity index is 636. The van der Waals surface area contributed by atoms with E-state index in [4.69, 9.17) is 0 Å². The maximum Gasteiger partial charge on any atom is 0.242 e. The number of benzene rings is 1. The zero-order chi connectivity index (χ0) is 14.1. The number of fused-ring (bicyclic) bond motifs is 1. The van der Waals surface area contributed by atoms with Gasteiger partial charge in [0.05, 0.1) is 4.90 Å². The molecule has 0 atom stereocenters. The fraction of sp³-hybridized carbons (Fsp3) is 0.214. The Morgan fingerprint density at radius 1 is 1.16 bits per heavy atom. The Hall–Kier alpha value is -1.72. The molecule has 0 unspecified atom stereocenters. The first-order valence-electron chi connectivity index (χ1n) is 5.86. The van der Waals surface area contributed by atoms with Gasteiger partial charge in [-0.25, -0.2) is 8.42 Å². The smallest absolute Gasteiger partial charge is 0.242 e. The molecule has 19 heavy (non-hydrogen) atoms. The lowest BCUT2D eigenvalue weighted by Crippen LogP contribution is -2.57. The minimum absolute atomic E-state index is 0.0312. The molecule has 0 amide bonds. The predicted octanol–water partition coefficient (Wildman–Crippen LogP) is 2.05. The van der Waals surface area contributed by atoms with Crippen LogP contribution in [-0.4, -0.2) is 19.7 Å². The Morgan fingerprint density at radius 3 is 2.32 bits per heavy atom. The summed E-state index contributed by atoms with van der Waals surface area (Å²) in [5.74, 6) is -0.238. The van der Waals surface area contributed by atoms with Crippen LogP contribution in [0.15, 0.2) is 54.5 Å². The quantitative estimate of drug-likeness (QED) is 0.857. The first kappa shape index (κ1) is 13.7. The molecule has 1 aliphatic rings. The summed E-state index contributed by atoms with van der Waals surface area (Å²) in [6.45, 7) is 7.20. The van der Waals surface area contributed by atoms with Crippen LogP contribution in [0, 0.1) is 0 Å². The number of ketones is 1. The average molecular weight is 277 g/mol. The summed E-state index contributed by atoms with van der Waals surface area (Å²) in [6.07, 6.45) is 3.53. The number of carbonyl (C=O) groups is 1. The molecular weight excluding hydrogens is 262 g/mol. The van der Waals surface area contributed by atoms with Crippen molar-refractivity contribution in [2.75, 3.05) is 0 Å². The van der Waals surface area contributed by atoms with Crippen molar-refractivity contribution in [3.63, 3.8) is 0 Å². The Kier molecular flexibility index (Phi) is 3.43. The normalized spacial score (nSPS) is 19.5. The second-order valence-electron chi connectivity index (χ2n) is 4.50. The van der Waals surface area contributed by atoms with Crippen molar-refractivity contribution in [2.45, 2.75) is 23.3 Å². The number of hydrogen-bond donors (Lipinski definition) is 1. The monoisotopic (exact) mass is 277 g/mol. The highest BCUT2D eigenvalue weighted by molar-refractivity contribution is 7.89. The van der Waals surface area contributed by atoms with Gasteiger partial charge in [-0.1, -0.05) is 24.3 Å². The SMILES string of the molecule is C=CCC1(CC=C)NS(=O)(=O)c2ccccc2C1=O. The Balaban J connectivity index is 2.68. The molecule has 2 rings (SSSR count). The molecule has 0 saturated carbocycles. The van der Waals surface area contributed by atoms with Gasteiger partial charge in [-0.15, -0.1) is 13.2 Å². The van der Waals surface area contributed by atoms with E-state index in [0.717, 1.165) is 0 Å². The zero-order valence-corrected chi connectivity index (χ0v) is 11.2. The van der Waals surface area contributed by atoms with Crippen molar-refractivity contribution in [2.24, 2.45) is 0 Å². The van der Waals surface area contributed by atoms with Crippen molar-refractivity contribution in [1.82, 2.24) is 4.72 Å². The van der Waals surface area contributed by atoms with Crippen molar-refractivity contribution in [3.05, 3.63) is 55.1 Å². The van der Waals surface area contributed by atoms with E-state index in [0.29, 0.717) is 0 Å². The van der Waals surface area contributed by atoms with E-state index in [1.807, 2.05) is 0 Å². The second kappa shape index (κ2) is 4.75. The van der Waals surface area contributed by atoms with Crippen LogP contribution in [0.2, 0.25) is 0 Å². The van der Waals surface area contributed by atoms with Gasteiger partial charge in [-0.05, 0) is 25.0 Å². The van der Waals surface area contributed by atoms with E-state index in [-0.39, 0.29) is 29.1 Å². The molecule has 1 aromatic rings. The minimum Gasteiger partial charge on any atom is -0.292 e. The zero-order valence-electron chi connectivity index (χ0n) is 10.4. The molecule has 0 fully saturated rings. The van der Waals surface area contributed by atoms with Crippen LogP contribution in [0.5, 0.6) is 0 Å². The molecule has 0 radical (unpaired) electrons. The van der Waals surface area contributed by atoms with Gasteiger partial charge in [0.15, 0.2) is 5.78 Å². The Labute approximate surface area is 112 Å². The van der Waals surface area contributed by atoms with Gasteiger partial charge < -0.3 is 0 Å². The second-order valence-corrected chi connectivity index (χ2v) is 6.15. The fourth-order valence-corrected chi connectivity index (χ4v) is 3.94. The molecule has 0 saturated heterocycles. The molecule has 1 heterocycles. The van der Waals surface area contributed by atoms with Crippen LogP contribution in [0.3, 0.4) is 0 Å². The largest absolute Gasteiger partial charge is 0.292 e. The van der Waals surface area contributed by atoms with Gasteiger partial charge >= 0.3 is 0 Å². The maximum atomic E-state index is 12.6. The van der Waals surface area contributed by atoms with Gasteiger partial charge in [0.2, 0.25) is 10.0 Å². The van der Waals surface area contributed by atoms with Crippen LogP contribution in [0.4, 0.5) is 0 Å². The highest BCUT2D eigenvalue weighted by Gasteiger charge is 2.46. The lowest BCUT2D eigenvalue weighted by atomic mass is 9.84. The van der Waals surface area contributed by atoms with Gasteiger partial charge in [-0.3, -0.25) is 4.79 Å². The number of Topliss-reactive ketones (excluding diaryl/α,β-unsaturated/α-hetero) is 1. The van der Waals surface area contributed by atoms with E-state index >= 15 is 0 Å². The molecule has 100 valence electrons. The van der Waals surface area contributed by atoms with E-state index in [1.54, 1.807) is 12.1 Å². The molecule has 5 heteroatoms. The first-order valence-corrected chi connectivity index (χ1v) is 7.35. The van der Waals surface area contributed by atoms with E-state index in [9.17, 15) is 13.2 Å². The molecule has 4 nitrogen and oxygen atoms in total. The van der Waals surface area contributed by atoms with Gasteiger partial charge in [0, 0.05) is 5.56 Å². The van der Waals surface area contributed by atoms with Crippen LogP contribution in [0.1, 0.15) is 23.2 Å². The molecule has 0 aliphatic carbocycles. The van der Waals surface area contributed by atoms with Gasteiger partial charge in [-0.2, -0.15) is 4.72 Å². The molecule has 1 aliphatic heterocycles. The number of nitrogens with one attached hydrogen (secondary N) is 1. The van der Waals surface area contributed by atoms with Crippen molar-refractivity contribution in [3.8, 4) is 0 Å². The molecule has 0 bridgehead atoms. The summed E-state index contributed by atoms with van der Waals surface area (Å²) in [6, 6.07) is 6.22. The molecular formula is C14H15NO3S. The Morgan fingerprint density at radius 2 is 1.74 bits per heavy atom. The number of sulfonamides is 1. The summed E-state index contributed by atoms with van der Waals surface area (Å²) >= 11 is 0. The minimum atomic E-state index is -3.69. The number of rotatable bonds is 4. The van der Waals surface area contributed by atoms with E-state index in [2.05, 4.69) is 17.9 Å². The summed E-state index contributed by atoms with van der Waals surface area (Å²) in [7, 11) is -3.69. The summed E-state index contributed by atoms with van der Waals surface area (Å²) in [5.41, 5.74) is -0.971. The molecule has 0 aromatic heterocycles. The third kappa shape index (κ3) is 2.15. The molecule has 1 N–H and O–H groups in total. The van der Waals surface area contributed by atoms with Crippen molar-refractivity contribution < 1.29 is 13.2 Å². The maximum absolute atomic E-state index is 12.6. The first-order chi connectivity index (χ1) is 8.97. The van der Waals surface area contributed by atoms with Crippen LogP contribution in [-0.2, 0) is 10.0 Å². The lowest BCUT2D eigenvalue weighted by Gasteiger charge is -2.35. The van der Waals surface area contributed by atoms with Crippen LogP contribution in [0.25, 0.3) is 0 Å². The lowest BCUT2D eigenvalue weighted by molar-refractivity contribution is 0.0865. The number of carbonyl (C=O) groups excluding carboxylic acids is 1. The van der Waals surface area contributed by atoms with Crippen molar-refractivity contribution in [1.29, 1.82) is 0 Å². The third-order valence-electron chi connectivity index (χ3n) is 3.17. The van der Waals surface area contributed by atoms with Gasteiger partial charge in [0.25, 0.3) is 0 Å². The third-order valence-corrected chi connectivity index (χ3v) is 4.77. The summed E-state index contributed by atoms with van der Waals surface area (Å²) < 4.78 is 27.0. The van der Waals surface area contributed by atoms with Crippen LogP contribution >= 0.6 is 0 Å². The predicted molar refractivity (Wildman–Crippen MR) is 73.5 cm³/mol. The summed E-state index contributed by atoms with van der Waals surface area (Å²) in [4.78, 5) is 12.6. The van der Waals surface area contributed by atoms with E-state index < -0.39 is 15.6 Å². The fourth-order valence-electron chi connectivity index (χ4n) is 2.35. The number of hydrogen-bond acceptors (Lipinski definition) is 3. The average Bonchev–Trinajstić information content (AvgIpc) is 2.37. The van der Waals surface area contributed by atoms with Crippen molar-refractivity contribution >= 4 is 15.8 Å². The summed E-state index contributed by atoms with van der Waals surface area (Å²) in [5, 5.41) is 0. The van der Waals surface area contributed by atoms with Gasteiger partial charge in [0.1, 0.15) is 5.54 Å². The highest BCUT2D eigenvalue weighted by atomic mass is 32.2. The molecule has 0 spiro atoms. The molecule has 1 aromatic carbocycles. The van der Waals surface area contributed by atoms with Crippen LogP contribution < -0.4 is 4.72 Å². The standard InChI is InChI=1S/C14H15NO3S/c1-3-9-14(10-4-2)13(16)11-7-5-6-8-12(11)19(17,18)15-14/h3-8,15H,1-2,9-10H2. The highest BCUT2D eigenvalue weighted by Crippen LogP contribution is 2.32. The van der Waals surface area contributed by atoms with E-state index in [1.165, 1.54) is 24.3 Å².